The first-order valence-electron chi connectivity index (χ1n) is 20.6. The smallest absolute Gasteiger partial charge is 0.0215 e. The van der Waals surface area contributed by atoms with E-state index >= 15 is 0 Å². The van der Waals surface area contributed by atoms with Gasteiger partial charge in [-0.25, -0.2) is 0 Å². The van der Waals surface area contributed by atoms with Gasteiger partial charge in [0.2, 0.25) is 0 Å². The predicted octanol–water partition coefficient (Wildman–Crippen LogP) is 16.5. The zero-order valence-electron chi connectivity index (χ0n) is 30.6. The van der Waals surface area contributed by atoms with Crippen LogP contribution in [0.3, 0.4) is 0 Å². The molecule has 0 fully saturated rings. The summed E-state index contributed by atoms with van der Waals surface area (Å²) in [6, 6.07) is 16.5. The molecule has 3 rings (SSSR count). The zero-order chi connectivity index (χ0) is 32.5. The Balaban J connectivity index is 1.38. The van der Waals surface area contributed by atoms with Gasteiger partial charge < -0.3 is 0 Å². The first-order chi connectivity index (χ1) is 22.7. The van der Waals surface area contributed by atoms with E-state index in [0.29, 0.717) is 0 Å². The van der Waals surface area contributed by atoms with E-state index in [9.17, 15) is 0 Å². The summed E-state index contributed by atoms with van der Waals surface area (Å²) in [5.74, 6) is 0. The predicted molar refractivity (Wildman–Crippen MR) is 210 cm³/mol. The molecule has 0 spiro atoms. The first-order valence-corrected chi connectivity index (χ1v) is 21.4. The summed E-state index contributed by atoms with van der Waals surface area (Å²) in [7, 11) is 0. The van der Waals surface area contributed by atoms with Crippen LogP contribution in [0.5, 0.6) is 0 Å². The van der Waals surface area contributed by atoms with E-state index in [2.05, 4.69) is 72.2 Å². The van der Waals surface area contributed by atoms with E-state index in [4.69, 9.17) is 0 Å². The van der Waals surface area contributed by atoms with Crippen molar-refractivity contribution < 1.29 is 0 Å². The maximum absolute atomic E-state index is 3.85. The third-order valence-corrected chi connectivity index (χ3v) is 11.6. The van der Waals surface area contributed by atoms with Crippen molar-refractivity contribution in [3.05, 3.63) is 58.1 Å². The third-order valence-electron chi connectivity index (χ3n) is 11.1. The maximum Gasteiger partial charge on any atom is 0.0215 e. The topological polar surface area (TPSA) is 0 Å². The fourth-order valence-electron chi connectivity index (χ4n) is 8.33. The second-order valence-corrected chi connectivity index (χ2v) is 15.9. The molecule has 0 aromatic heterocycles. The van der Waals surface area contributed by atoms with Crippen molar-refractivity contribution in [1.29, 1.82) is 0 Å². The number of benzene rings is 2. The van der Waals surface area contributed by atoms with E-state index in [1.165, 1.54) is 208 Å². The van der Waals surface area contributed by atoms with Gasteiger partial charge in [0.15, 0.2) is 0 Å². The number of fused-ring (bicyclic) bond motifs is 3. The van der Waals surface area contributed by atoms with E-state index < -0.39 is 0 Å². The highest BCUT2D eigenvalue weighted by molar-refractivity contribution is 9.10. The zero-order valence-corrected chi connectivity index (χ0v) is 32.2. The molecule has 46 heavy (non-hydrogen) atoms. The summed E-state index contributed by atoms with van der Waals surface area (Å²) < 4.78 is 1.24. The Bertz CT molecular complexity index is 989. The van der Waals surface area contributed by atoms with Gasteiger partial charge in [-0.15, -0.1) is 0 Å². The van der Waals surface area contributed by atoms with Gasteiger partial charge in [-0.05, 0) is 47.2 Å². The lowest BCUT2D eigenvalue weighted by Crippen LogP contribution is -2.25. The van der Waals surface area contributed by atoms with Gasteiger partial charge in [0, 0.05) is 9.89 Å². The Morgan fingerprint density at radius 3 is 1.15 bits per heavy atom. The van der Waals surface area contributed by atoms with Crippen LogP contribution in [0.4, 0.5) is 0 Å². The maximum atomic E-state index is 3.85. The molecule has 0 saturated heterocycles. The fourth-order valence-corrected chi connectivity index (χ4v) is 8.70. The van der Waals surface area contributed by atoms with Crippen LogP contribution in [0.2, 0.25) is 0 Å². The third kappa shape index (κ3) is 14.2. The average Bonchev–Trinajstić information content (AvgIpc) is 3.33. The molecule has 0 heterocycles. The molecular weight excluding hydrogens is 620 g/mol. The Hall–Kier alpha value is -1.08. The van der Waals surface area contributed by atoms with Crippen LogP contribution in [0.1, 0.15) is 218 Å². The summed E-state index contributed by atoms with van der Waals surface area (Å²) in [5.41, 5.74) is 6.42. The SMILES string of the molecule is CCCCCCCCCCCCCCCCC1(CCCCCCCCCCCCCCCC)c2ccccc2-c2ccc(Br)cc21. The van der Waals surface area contributed by atoms with Gasteiger partial charge in [-0.1, -0.05) is 240 Å². The van der Waals surface area contributed by atoms with E-state index in [1.807, 2.05) is 0 Å². The lowest BCUT2D eigenvalue weighted by Gasteiger charge is -2.33. The summed E-state index contributed by atoms with van der Waals surface area (Å²) in [5, 5.41) is 0. The Morgan fingerprint density at radius 2 is 0.739 bits per heavy atom. The molecule has 1 heteroatoms. The normalized spacial score (nSPS) is 13.3. The monoisotopic (exact) mass is 692 g/mol. The van der Waals surface area contributed by atoms with Crippen LogP contribution >= 0.6 is 15.9 Å². The van der Waals surface area contributed by atoms with Crippen molar-refractivity contribution >= 4 is 15.9 Å². The quantitative estimate of drug-likeness (QED) is 0.0715. The van der Waals surface area contributed by atoms with Crippen molar-refractivity contribution in [3.63, 3.8) is 0 Å². The highest BCUT2D eigenvalue weighted by atomic mass is 79.9. The first kappa shape index (κ1) is 39.4. The minimum atomic E-state index is 0.198. The standard InChI is InChI=1S/C45H73Br/c1-3-5-7-9-11-13-15-17-19-21-23-25-27-31-37-45(38-32-28-26-24-22-20-18-16-14-12-10-8-6-4-2)43-34-30-29-33-41(43)42-36-35-40(46)39-44(42)45/h29-30,33-36,39H,3-28,31-32,37-38H2,1-2H3. The van der Waals surface area contributed by atoms with Crippen molar-refractivity contribution in [1.82, 2.24) is 0 Å². The molecule has 260 valence electrons. The average molecular weight is 694 g/mol. The van der Waals surface area contributed by atoms with Crippen LogP contribution in [0, 0.1) is 0 Å². The largest absolute Gasteiger partial charge is 0.0654 e. The molecule has 0 saturated carbocycles. The molecule has 1 aliphatic rings. The Morgan fingerprint density at radius 1 is 0.391 bits per heavy atom. The number of hydrogen-bond acceptors (Lipinski definition) is 0. The highest BCUT2D eigenvalue weighted by Crippen LogP contribution is 2.54. The molecule has 0 atom stereocenters. The van der Waals surface area contributed by atoms with Gasteiger partial charge in [-0.2, -0.15) is 0 Å². The van der Waals surface area contributed by atoms with E-state index in [-0.39, 0.29) is 5.41 Å². The van der Waals surface area contributed by atoms with Crippen LogP contribution < -0.4 is 0 Å². The summed E-state index contributed by atoms with van der Waals surface area (Å²) in [6.45, 7) is 4.62. The molecule has 0 nitrogen and oxygen atoms in total. The van der Waals surface area contributed by atoms with Gasteiger partial charge in [0.1, 0.15) is 0 Å². The number of rotatable bonds is 30. The summed E-state index contributed by atoms with van der Waals surface area (Å²) >= 11 is 3.85. The van der Waals surface area contributed by atoms with Crippen molar-refractivity contribution in [2.75, 3.05) is 0 Å². The molecule has 0 unspecified atom stereocenters. The molecular formula is C45H73Br. The van der Waals surface area contributed by atoms with Crippen LogP contribution in [0.15, 0.2) is 46.9 Å². The fraction of sp³-hybridized carbons (Fsp3) is 0.733. The number of hydrogen-bond donors (Lipinski definition) is 0. The second-order valence-electron chi connectivity index (χ2n) is 15.0. The van der Waals surface area contributed by atoms with E-state index in [1.54, 1.807) is 11.1 Å². The van der Waals surface area contributed by atoms with Crippen LogP contribution in [-0.2, 0) is 5.41 Å². The van der Waals surface area contributed by atoms with Crippen molar-refractivity contribution in [3.8, 4) is 11.1 Å². The molecule has 0 N–H and O–H groups in total. The van der Waals surface area contributed by atoms with Gasteiger partial charge in [-0.3, -0.25) is 0 Å². The highest BCUT2D eigenvalue weighted by Gasteiger charge is 2.42. The van der Waals surface area contributed by atoms with Crippen LogP contribution in [0.25, 0.3) is 11.1 Å². The molecule has 0 radical (unpaired) electrons. The Labute approximate surface area is 295 Å². The van der Waals surface area contributed by atoms with Gasteiger partial charge in [0.05, 0.1) is 0 Å². The minimum absolute atomic E-state index is 0.198. The van der Waals surface area contributed by atoms with E-state index in [0.717, 1.165) is 0 Å². The molecule has 2 aromatic carbocycles. The molecule has 0 bridgehead atoms. The lowest BCUT2D eigenvalue weighted by molar-refractivity contribution is 0.396. The van der Waals surface area contributed by atoms with Gasteiger partial charge >= 0.3 is 0 Å². The molecule has 2 aromatic rings. The Kier molecular flexibility index (Phi) is 21.4. The van der Waals surface area contributed by atoms with Crippen molar-refractivity contribution in [2.24, 2.45) is 0 Å². The second kappa shape index (κ2) is 25.0. The van der Waals surface area contributed by atoms with Gasteiger partial charge in [0.25, 0.3) is 0 Å². The summed E-state index contributed by atoms with van der Waals surface area (Å²) in [4.78, 5) is 0. The number of unbranched alkanes of at least 4 members (excludes halogenated alkanes) is 26. The number of halogens is 1. The summed E-state index contributed by atoms with van der Waals surface area (Å²) in [6.07, 6.45) is 42.7. The van der Waals surface area contributed by atoms with Crippen molar-refractivity contribution in [2.45, 2.75) is 212 Å². The minimum Gasteiger partial charge on any atom is -0.0654 e. The van der Waals surface area contributed by atoms with Crippen LogP contribution in [-0.4, -0.2) is 0 Å². The lowest BCUT2D eigenvalue weighted by atomic mass is 9.70. The molecule has 0 amide bonds. The molecule has 0 aliphatic heterocycles. The molecule has 1 aliphatic carbocycles.